The Balaban J connectivity index is 1.68. The van der Waals surface area contributed by atoms with Gasteiger partial charge in [-0.1, -0.05) is 30.3 Å². The monoisotopic (exact) mass is 387 g/mol. The molecule has 6 nitrogen and oxygen atoms in total. The van der Waals surface area contributed by atoms with Crippen LogP contribution in [0.25, 0.3) is 0 Å². The zero-order chi connectivity index (χ0) is 20.4. The van der Waals surface area contributed by atoms with Gasteiger partial charge < -0.3 is 15.3 Å². The summed E-state index contributed by atoms with van der Waals surface area (Å²) in [5, 5.41) is 12.3. The third-order valence-corrected chi connectivity index (χ3v) is 6.88. The van der Waals surface area contributed by atoms with Crippen LogP contribution >= 0.6 is 0 Å². The number of rotatable bonds is 6. The molecule has 154 valence electrons. The number of hydrogen-bond acceptors (Lipinski definition) is 4. The number of nitrogens with one attached hydrogen (secondary N) is 1. The molecule has 0 aromatic heterocycles. The van der Waals surface area contributed by atoms with E-state index in [-0.39, 0.29) is 41.8 Å². The molecule has 0 radical (unpaired) electrons. The van der Waals surface area contributed by atoms with Crippen molar-refractivity contribution in [1.29, 1.82) is 0 Å². The fraction of sp³-hybridized carbons (Fsp3) is 0.636. The maximum absolute atomic E-state index is 12.6. The summed E-state index contributed by atoms with van der Waals surface area (Å²) in [6.07, 6.45) is 4.75. The topological polar surface area (TPSA) is 72.9 Å². The first-order valence-corrected chi connectivity index (χ1v) is 10.2. The van der Waals surface area contributed by atoms with Gasteiger partial charge in [0, 0.05) is 37.0 Å². The van der Waals surface area contributed by atoms with E-state index >= 15 is 0 Å². The minimum absolute atomic E-state index is 0.00260. The second-order valence-corrected chi connectivity index (χ2v) is 8.71. The van der Waals surface area contributed by atoms with Gasteiger partial charge in [0.15, 0.2) is 0 Å². The van der Waals surface area contributed by atoms with E-state index in [9.17, 15) is 9.59 Å². The Morgan fingerprint density at radius 2 is 1.79 bits per heavy atom. The fourth-order valence-electron chi connectivity index (χ4n) is 5.00. The number of carbonyl (C=O) groups is 2. The number of aliphatic hydroxyl groups is 1. The van der Waals surface area contributed by atoms with Gasteiger partial charge in [0.05, 0.1) is 6.61 Å². The molecule has 1 spiro atoms. The van der Waals surface area contributed by atoms with E-state index in [1.54, 1.807) is 7.05 Å². The Hall–Kier alpha value is -1.92. The van der Waals surface area contributed by atoms with Crippen LogP contribution in [0.3, 0.4) is 0 Å². The van der Waals surface area contributed by atoms with Crippen molar-refractivity contribution < 1.29 is 14.7 Å². The third-order valence-electron chi connectivity index (χ3n) is 6.88. The van der Waals surface area contributed by atoms with E-state index in [1.807, 2.05) is 6.07 Å². The predicted octanol–water partition coefficient (Wildman–Crippen LogP) is 1.73. The van der Waals surface area contributed by atoms with Gasteiger partial charge in [0.1, 0.15) is 0 Å². The van der Waals surface area contributed by atoms with E-state index in [0.717, 1.165) is 32.1 Å². The molecule has 0 bridgehead atoms. The van der Waals surface area contributed by atoms with Crippen LogP contribution in [-0.4, -0.2) is 66.6 Å². The Labute approximate surface area is 167 Å². The highest BCUT2D eigenvalue weighted by atomic mass is 16.3. The summed E-state index contributed by atoms with van der Waals surface area (Å²) in [5.74, 6) is -0.339. The largest absolute Gasteiger partial charge is 0.395 e. The van der Waals surface area contributed by atoms with Crippen molar-refractivity contribution in [3.05, 3.63) is 35.9 Å². The Morgan fingerprint density at radius 3 is 2.36 bits per heavy atom. The molecule has 1 saturated heterocycles. The molecule has 1 atom stereocenters. The van der Waals surface area contributed by atoms with E-state index < -0.39 is 0 Å². The van der Waals surface area contributed by atoms with E-state index in [4.69, 9.17) is 5.11 Å². The van der Waals surface area contributed by atoms with Crippen molar-refractivity contribution >= 4 is 11.8 Å². The smallest absolute Gasteiger partial charge is 0.224 e. The van der Waals surface area contributed by atoms with Gasteiger partial charge >= 0.3 is 0 Å². The summed E-state index contributed by atoms with van der Waals surface area (Å²) >= 11 is 0. The van der Waals surface area contributed by atoms with Gasteiger partial charge in [-0.2, -0.15) is 0 Å². The van der Waals surface area contributed by atoms with Gasteiger partial charge in [-0.05, 0) is 51.8 Å². The molecular weight excluding hydrogens is 354 g/mol. The number of carbonyl (C=O) groups excluding carboxylic acids is 2. The van der Waals surface area contributed by atoms with E-state index in [1.165, 1.54) is 10.5 Å². The van der Waals surface area contributed by atoms with Crippen molar-refractivity contribution in [2.24, 2.45) is 5.92 Å². The van der Waals surface area contributed by atoms with E-state index in [2.05, 4.69) is 48.6 Å². The highest BCUT2D eigenvalue weighted by Gasteiger charge is 2.50. The van der Waals surface area contributed by atoms with Crippen LogP contribution in [0.4, 0.5) is 0 Å². The normalized spacial score (nSPS) is 29.9. The minimum Gasteiger partial charge on any atom is -0.395 e. The molecule has 1 unspecified atom stereocenters. The molecule has 2 N–H and O–H groups in total. The van der Waals surface area contributed by atoms with Crippen molar-refractivity contribution in [2.75, 3.05) is 34.3 Å². The van der Waals surface area contributed by atoms with Gasteiger partial charge in [0.2, 0.25) is 11.8 Å². The van der Waals surface area contributed by atoms with Crippen molar-refractivity contribution in [2.45, 2.75) is 49.6 Å². The van der Waals surface area contributed by atoms with Gasteiger partial charge in [0.25, 0.3) is 0 Å². The van der Waals surface area contributed by atoms with Crippen LogP contribution in [0, 0.1) is 5.92 Å². The standard InChI is InChI=1S/C22H33N3O3/c1-24(2)22(18-7-5-4-6-8-18)11-9-21(10-12-22)16-17(20(28)23-21)15-19(27)25(3)13-14-26/h4-8,17,26H,9-16H2,1-3H3,(H,23,28). The highest BCUT2D eigenvalue weighted by molar-refractivity contribution is 5.88. The SMILES string of the molecule is CN(CCO)C(=O)CC1CC2(CCC(c3ccccc3)(N(C)C)CC2)NC1=O. The van der Waals surface area contributed by atoms with Gasteiger partial charge in [-0.3, -0.25) is 14.5 Å². The maximum atomic E-state index is 12.6. The average Bonchev–Trinajstić information content (AvgIpc) is 2.98. The van der Waals surface area contributed by atoms with Crippen LogP contribution < -0.4 is 5.32 Å². The number of amides is 2. The molecule has 3 rings (SSSR count). The number of benzene rings is 1. The highest BCUT2D eigenvalue weighted by Crippen LogP contribution is 2.48. The molecule has 1 aliphatic heterocycles. The summed E-state index contributed by atoms with van der Waals surface area (Å²) < 4.78 is 0. The first-order valence-electron chi connectivity index (χ1n) is 10.2. The summed E-state index contributed by atoms with van der Waals surface area (Å²) in [7, 11) is 5.94. The minimum atomic E-state index is -0.266. The molecule has 1 aromatic carbocycles. The van der Waals surface area contributed by atoms with Gasteiger partial charge in [-0.25, -0.2) is 0 Å². The molecule has 2 aliphatic rings. The quantitative estimate of drug-likeness (QED) is 0.780. The lowest BCUT2D eigenvalue weighted by molar-refractivity contribution is -0.134. The lowest BCUT2D eigenvalue weighted by Crippen LogP contribution is -2.52. The molecule has 1 saturated carbocycles. The molecule has 28 heavy (non-hydrogen) atoms. The Kier molecular flexibility index (Phi) is 6.10. The Bertz CT molecular complexity index is 696. The molecule has 6 heteroatoms. The zero-order valence-corrected chi connectivity index (χ0v) is 17.3. The summed E-state index contributed by atoms with van der Waals surface area (Å²) in [6.45, 7) is 0.246. The second-order valence-electron chi connectivity index (χ2n) is 8.71. The van der Waals surface area contributed by atoms with Crippen molar-refractivity contribution in [1.82, 2.24) is 15.1 Å². The molecular formula is C22H33N3O3. The molecule has 1 aliphatic carbocycles. The molecule has 2 fully saturated rings. The number of likely N-dealkylation sites (N-methyl/N-ethyl adjacent to an activating group) is 1. The lowest BCUT2D eigenvalue weighted by atomic mass is 9.67. The molecule has 1 aromatic rings. The first kappa shape index (κ1) is 20.8. The zero-order valence-electron chi connectivity index (χ0n) is 17.3. The van der Waals surface area contributed by atoms with Gasteiger partial charge in [-0.15, -0.1) is 0 Å². The van der Waals surface area contributed by atoms with Crippen LogP contribution in [0.15, 0.2) is 30.3 Å². The van der Waals surface area contributed by atoms with Crippen molar-refractivity contribution in [3.63, 3.8) is 0 Å². The molecule has 2 amide bonds. The number of hydrogen-bond donors (Lipinski definition) is 2. The van der Waals surface area contributed by atoms with Crippen LogP contribution in [-0.2, 0) is 15.1 Å². The predicted molar refractivity (Wildman–Crippen MR) is 109 cm³/mol. The fourth-order valence-corrected chi connectivity index (χ4v) is 5.00. The molecule has 1 heterocycles. The summed E-state index contributed by atoms with van der Waals surface area (Å²) in [6, 6.07) is 10.6. The van der Waals surface area contributed by atoms with E-state index in [0.29, 0.717) is 6.54 Å². The third kappa shape index (κ3) is 3.94. The maximum Gasteiger partial charge on any atom is 0.224 e. The Morgan fingerprint density at radius 1 is 1.14 bits per heavy atom. The lowest BCUT2D eigenvalue weighted by Gasteiger charge is -2.49. The number of aliphatic hydroxyl groups excluding tert-OH is 1. The summed E-state index contributed by atoms with van der Waals surface area (Å²) in [5.41, 5.74) is 1.13. The van der Waals surface area contributed by atoms with Crippen molar-refractivity contribution in [3.8, 4) is 0 Å². The average molecular weight is 388 g/mol. The van der Waals surface area contributed by atoms with Crippen LogP contribution in [0.2, 0.25) is 0 Å². The second kappa shape index (κ2) is 8.21. The van der Waals surface area contributed by atoms with Crippen LogP contribution in [0.1, 0.15) is 44.1 Å². The summed E-state index contributed by atoms with van der Waals surface area (Å²) in [4.78, 5) is 28.7. The van der Waals surface area contributed by atoms with Crippen LogP contribution in [0.5, 0.6) is 0 Å². The number of nitrogens with zero attached hydrogens (tertiary/aromatic N) is 2. The first-order chi connectivity index (χ1) is 13.3.